The highest BCUT2D eigenvalue weighted by atomic mass is 79.9. The van der Waals surface area contributed by atoms with Gasteiger partial charge in [-0.3, -0.25) is 0 Å². The standard InChI is InChI=1S/C8H4BrF5O/c9-5-2-1-4(7(10)11)3-6(5)15-8(12,13)14/h1-3,7H. The van der Waals surface area contributed by atoms with Crippen LogP contribution in [0.25, 0.3) is 0 Å². The summed E-state index contributed by atoms with van der Waals surface area (Å²) in [4.78, 5) is 0. The van der Waals surface area contributed by atoms with Crippen molar-refractivity contribution in [2.24, 2.45) is 0 Å². The minimum absolute atomic E-state index is 0.0378. The van der Waals surface area contributed by atoms with Crippen LogP contribution in [0.1, 0.15) is 12.0 Å². The second-order valence-electron chi connectivity index (χ2n) is 2.54. The largest absolute Gasteiger partial charge is 0.573 e. The minimum atomic E-state index is -4.90. The lowest BCUT2D eigenvalue weighted by atomic mass is 10.2. The SMILES string of the molecule is FC(F)c1ccc(Br)c(OC(F)(F)F)c1. The van der Waals surface area contributed by atoms with E-state index in [1.807, 2.05) is 0 Å². The third kappa shape index (κ3) is 3.65. The van der Waals surface area contributed by atoms with Crippen LogP contribution in [0.5, 0.6) is 5.75 Å². The highest BCUT2D eigenvalue weighted by Crippen LogP contribution is 2.33. The summed E-state index contributed by atoms with van der Waals surface area (Å²) in [7, 11) is 0. The molecule has 0 amide bonds. The Hall–Kier alpha value is -0.850. The highest BCUT2D eigenvalue weighted by Gasteiger charge is 2.32. The molecule has 0 heterocycles. The Bertz CT molecular complexity index is 349. The molecule has 0 fully saturated rings. The molecule has 7 heteroatoms. The maximum absolute atomic E-state index is 12.2. The van der Waals surface area contributed by atoms with Gasteiger partial charge in [0, 0.05) is 5.56 Å². The summed E-state index contributed by atoms with van der Waals surface area (Å²) < 4.78 is 63.3. The van der Waals surface area contributed by atoms with Crippen LogP contribution in [-0.2, 0) is 0 Å². The topological polar surface area (TPSA) is 9.23 Å². The molecule has 0 aliphatic rings. The predicted octanol–water partition coefficient (Wildman–Crippen LogP) is 4.29. The summed E-state index contributed by atoms with van der Waals surface area (Å²) in [6, 6.07) is 2.72. The summed E-state index contributed by atoms with van der Waals surface area (Å²) in [6.45, 7) is 0. The Labute approximate surface area is 90.0 Å². The van der Waals surface area contributed by atoms with Crippen LogP contribution in [0.4, 0.5) is 22.0 Å². The van der Waals surface area contributed by atoms with Crippen LogP contribution >= 0.6 is 15.9 Å². The molecule has 1 nitrogen and oxygen atoms in total. The van der Waals surface area contributed by atoms with Gasteiger partial charge < -0.3 is 4.74 Å². The smallest absolute Gasteiger partial charge is 0.405 e. The quantitative estimate of drug-likeness (QED) is 0.739. The fourth-order valence-corrected chi connectivity index (χ4v) is 1.19. The second kappa shape index (κ2) is 4.34. The van der Waals surface area contributed by atoms with Crippen molar-refractivity contribution in [2.75, 3.05) is 0 Å². The molecule has 0 saturated heterocycles. The summed E-state index contributed by atoms with van der Waals surface area (Å²) in [5.41, 5.74) is -0.530. The Morgan fingerprint density at radius 2 is 1.80 bits per heavy atom. The molecule has 0 aliphatic carbocycles. The van der Waals surface area contributed by atoms with Gasteiger partial charge in [-0.05, 0) is 28.1 Å². The maximum Gasteiger partial charge on any atom is 0.573 e. The van der Waals surface area contributed by atoms with E-state index >= 15 is 0 Å². The number of alkyl halides is 5. The number of ether oxygens (including phenoxy) is 1. The van der Waals surface area contributed by atoms with E-state index in [1.165, 1.54) is 0 Å². The summed E-state index contributed by atoms with van der Waals surface area (Å²) in [5, 5.41) is 0. The zero-order valence-corrected chi connectivity index (χ0v) is 8.57. The molecule has 0 aliphatic heterocycles. The van der Waals surface area contributed by atoms with Crippen LogP contribution in [0.3, 0.4) is 0 Å². The first-order chi connectivity index (χ1) is 6.79. The van der Waals surface area contributed by atoms with Gasteiger partial charge >= 0.3 is 6.36 Å². The molecule has 0 radical (unpaired) electrons. The number of rotatable bonds is 2. The van der Waals surface area contributed by atoms with Gasteiger partial charge in [-0.2, -0.15) is 0 Å². The van der Waals surface area contributed by atoms with Crippen molar-refractivity contribution in [3.8, 4) is 5.75 Å². The van der Waals surface area contributed by atoms with E-state index in [0.717, 1.165) is 12.1 Å². The molecule has 0 aromatic heterocycles. The van der Waals surface area contributed by atoms with Gasteiger partial charge in [-0.25, -0.2) is 8.78 Å². The number of hydrogen-bond donors (Lipinski definition) is 0. The van der Waals surface area contributed by atoms with E-state index in [4.69, 9.17) is 0 Å². The lowest BCUT2D eigenvalue weighted by Gasteiger charge is -2.11. The first-order valence-corrected chi connectivity index (χ1v) is 4.42. The van der Waals surface area contributed by atoms with Gasteiger partial charge in [0.25, 0.3) is 6.43 Å². The molecular formula is C8H4BrF5O. The van der Waals surface area contributed by atoms with Crippen LogP contribution in [0, 0.1) is 0 Å². The molecule has 0 N–H and O–H groups in total. The molecule has 0 spiro atoms. The van der Waals surface area contributed by atoms with Gasteiger partial charge in [0.2, 0.25) is 0 Å². The average Bonchev–Trinajstić information content (AvgIpc) is 2.06. The molecule has 1 aromatic rings. The Morgan fingerprint density at radius 3 is 2.27 bits per heavy atom. The van der Waals surface area contributed by atoms with Crippen molar-refractivity contribution in [1.82, 2.24) is 0 Å². The number of benzene rings is 1. The van der Waals surface area contributed by atoms with E-state index in [0.29, 0.717) is 6.07 Å². The second-order valence-corrected chi connectivity index (χ2v) is 3.39. The molecule has 0 atom stereocenters. The fourth-order valence-electron chi connectivity index (χ4n) is 0.859. The molecule has 0 unspecified atom stereocenters. The summed E-state index contributed by atoms with van der Waals surface area (Å²) in [6.07, 6.45) is -7.74. The Morgan fingerprint density at radius 1 is 1.20 bits per heavy atom. The van der Waals surface area contributed by atoms with E-state index in [9.17, 15) is 22.0 Å². The molecule has 84 valence electrons. The maximum atomic E-state index is 12.2. The normalized spacial score (nSPS) is 11.9. The average molecular weight is 291 g/mol. The number of hydrogen-bond acceptors (Lipinski definition) is 1. The lowest BCUT2D eigenvalue weighted by molar-refractivity contribution is -0.274. The summed E-state index contributed by atoms with van der Waals surface area (Å²) >= 11 is 2.76. The predicted molar refractivity (Wildman–Crippen MR) is 45.8 cm³/mol. The Kier molecular flexibility index (Phi) is 3.54. The molecule has 15 heavy (non-hydrogen) atoms. The zero-order chi connectivity index (χ0) is 11.6. The van der Waals surface area contributed by atoms with E-state index in [2.05, 4.69) is 20.7 Å². The van der Waals surface area contributed by atoms with Gasteiger partial charge in [-0.1, -0.05) is 6.07 Å². The van der Waals surface area contributed by atoms with Crippen LogP contribution in [0.15, 0.2) is 22.7 Å². The first kappa shape index (κ1) is 12.2. The lowest BCUT2D eigenvalue weighted by Crippen LogP contribution is -2.17. The first-order valence-electron chi connectivity index (χ1n) is 3.63. The van der Waals surface area contributed by atoms with Crippen molar-refractivity contribution < 1.29 is 26.7 Å². The van der Waals surface area contributed by atoms with Crippen LogP contribution < -0.4 is 4.74 Å². The summed E-state index contributed by atoms with van der Waals surface area (Å²) in [5.74, 6) is -0.680. The van der Waals surface area contributed by atoms with Crippen molar-refractivity contribution in [2.45, 2.75) is 12.8 Å². The van der Waals surface area contributed by atoms with Gasteiger partial charge in [0.1, 0.15) is 5.75 Å². The monoisotopic (exact) mass is 290 g/mol. The van der Waals surface area contributed by atoms with E-state index < -0.39 is 24.1 Å². The molecule has 0 saturated carbocycles. The highest BCUT2D eigenvalue weighted by molar-refractivity contribution is 9.10. The third-order valence-electron chi connectivity index (χ3n) is 1.43. The third-order valence-corrected chi connectivity index (χ3v) is 2.09. The van der Waals surface area contributed by atoms with Gasteiger partial charge in [0.15, 0.2) is 0 Å². The van der Waals surface area contributed by atoms with E-state index in [-0.39, 0.29) is 4.47 Å². The number of halogens is 6. The molecule has 1 aromatic carbocycles. The van der Waals surface area contributed by atoms with E-state index in [1.54, 1.807) is 0 Å². The van der Waals surface area contributed by atoms with Crippen molar-refractivity contribution >= 4 is 15.9 Å². The van der Waals surface area contributed by atoms with Crippen molar-refractivity contribution in [3.05, 3.63) is 28.2 Å². The van der Waals surface area contributed by atoms with Crippen LogP contribution in [0.2, 0.25) is 0 Å². The van der Waals surface area contributed by atoms with Gasteiger partial charge in [0.05, 0.1) is 4.47 Å². The van der Waals surface area contributed by atoms with Crippen molar-refractivity contribution in [1.29, 1.82) is 0 Å². The van der Waals surface area contributed by atoms with Crippen molar-refractivity contribution in [3.63, 3.8) is 0 Å². The zero-order valence-electron chi connectivity index (χ0n) is 6.99. The fraction of sp³-hybridized carbons (Fsp3) is 0.250. The molecule has 0 bridgehead atoms. The molecular weight excluding hydrogens is 287 g/mol. The molecule has 1 rings (SSSR count). The Balaban J connectivity index is 3.01. The van der Waals surface area contributed by atoms with Crippen LogP contribution in [-0.4, -0.2) is 6.36 Å². The minimum Gasteiger partial charge on any atom is -0.405 e. The van der Waals surface area contributed by atoms with Gasteiger partial charge in [-0.15, -0.1) is 13.2 Å².